The first kappa shape index (κ1) is 31.3. The number of rotatable bonds is 7. The maximum Gasteiger partial charge on any atom is 0.333 e. The zero-order chi connectivity index (χ0) is 31.9. The number of ether oxygens (including phenoxy) is 3. The summed E-state index contributed by atoms with van der Waals surface area (Å²) >= 11 is 0. The van der Waals surface area contributed by atoms with Crippen LogP contribution in [-0.4, -0.2) is 84.6 Å². The Balaban J connectivity index is 1.41. The van der Waals surface area contributed by atoms with Crippen LogP contribution in [0.15, 0.2) is 57.3 Å². The summed E-state index contributed by atoms with van der Waals surface area (Å²) in [5.41, 5.74) is -1.40. The number of benzene rings is 2. The zero-order valence-corrected chi connectivity index (χ0v) is 23.9. The molecule has 0 unspecified atom stereocenters. The van der Waals surface area contributed by atoms with Gasteiger partial charge in [-0.2, -0.15) is 0 Å². The molecule has 0 spiro atoms. The average Bonchev–Trinajstić information content (AvgIpc) is 2.97. The zero-order valence-electron chi connectivity index (χ0n) is 23.9. The maximum atomic E-state index is 13.6. The highest BCUT2D eigenvalue weighted by molar-refractivity contribution is 5.89. The lowest BCUT2D eigenvalue weighted by atomic mass is 9.79. The molecule has 0 radical (unpaired) electrons. The highest BCUT2D eigenvalue weighted by Gasteiger charge is 2.46. The van der Waals surface area contributed by atoms with Crippen molar-refractivity contribution in [3.05, 3.63) is 58.3 Å². The van der Waals surface area contributed by atoms with Crippen LogP contribution >= 0.6 is 0 Å². The smallest absolute Gasteiger partial charge is 0.333 e. The van der Waals surface area contributed by atoms with E-state index in [9.17, 15) is 45.3 Å². The number of hydrogen-bond acceptors (Lipinski definition) is 13. The Labute approximate surface area is 250 Å². The van der Waals surface area contributed by atoms with E-state index in [1.54, 1.807) is 19.9 Å². The molecule has 1 fully saturated rings. The van der Waals surface area contributed by atoms with Crippen molar-refractivity contribution >= 4 is 16.9 Å². The van der Waals surface area contributed by atoms with Gasteiger partial charge in [-0.15, -0.1) is 0 Å². The molecule has 3 aromatic rings. The van der Waals surface area contributed by atoms with Crippen LogP contribution in [0.25, 0.3) is 22.3 Å². The average molecular weight is 615 g/mol. The van der Waals surface area contributed by atoms with Crippen molar-refractivity contribution in [1.29, 1.82) is 0 Å². The summed E-state index contributed by atoms with van der Waals surface area (Å²) in [4.78, 5) is 26.3. The molecule has 1 aromatic heterocycles. The first-order chi connectivity index (χ1) is 20.7. The summed E-state index contributed by atoms with van der Waals surface area (Å²) in [7, 11) is 0. The number of hydrogen-bond donors (Lipinski definition) is 7. The Hall–Kier alpha value is -4.14. The van der Waals surface area contributed by atoms with Gasteiger partial charge in [0.05, 0.1) is 5.60 Å². The van der Waals surface area contributed by atoms with Gasteiger partial charge in [0.25, 0.3) is 0 Å². The first-order valence-corrected chi connectivity index (χ1v) is 14.0. The molecule has 13 nitrogen and oxygen atoms in total. The summed E-state index contributed by atoms with van der Waals surface area (Å²) in [6, 6.07) is 7.45. The van der Waals surface area contributed by atoms with Gasteiger partial charge in [0, 0.05) is 23.3 Å². The van der Waals surface area contributed by atoms with Crippen LogP contribution < -0.4 is 10.2 Å². The molecule has 0 amide bonds. The molecule has 1 aliphatic heterocycles. The number of esters is 1. The van der Waals surface area contributed by atoms with Crippen LogP contribution in [0.4, 0.5) is 0 Å². The summed E-state index contributed by atoms with van der Waals surface area (Å²) in [5.74, 6) is -2.56. The minimum absolute atomic E-state index is 0.0242. The van der Waals surface area contributed by atoms with Crippen molar-refractivity contribution in [2.75, 3.05) is 6.61 Å². The van der Waals surface area contributed by atoms with Crippen molar-refractivity contribution in [2.24, 2.45) is 5.92 Å². The van der Waals surface area contributed by atoms with E-state index in [-0.39, 0.29) is 39.7 Å². The topological polar surface area (TPSA) is 217 Å². The number of carbonyl (C=O) groups is 1. The third-order valence-corrected chi connectivity index (χ3v) is 8.00. The Kier molecular flexibility index (Phi) is 8.60. The molecule has 236 valence electrons. The maximum absolute atomic E-state index is 13.6. The van der Waals surface area contributed by atoms with E-state index in [2.05, 4.69) is 0 Å². The number of aliphatic hydroxyl groups is 4. The molecule has 1 saturated heterocycles. The van der Waals surface area contributed by atoms with Crippen LogP contribution in [-0.2, 0) is 14.3 Å². The summed E-state index contributed by atoms with van der Waals surface area (Å²) in [5, 5.41) is 71.8. The van der Waals surface area contributed by atoms with Crippen LogP contribution in [0.1, 0.15) is 33.1 Å². The molecule has 44 heavy (non-hydrogen) atoms. The molecular formula is C31H34O13. The SMILES string of the molecule is CC(C)(O)[C@H]1CC=C(C(=O)OC[C@H]2O[C@@H](Oc3c(-c4ccc(O)cc4)oc4cc(O)cc(O)c4c3=O)[C@H](O)[C@@H](O)[C@@H]2O)CC1. The predicted molar refractivity (Wildman–Crippen MR) is 153 cm³/mol. The van der Waals surface area contributed by atoms with Crippen molar-refractivity contribution in [1.82, 2.24) is 0 Å². The number of carbonyl (C=O) groups excluding carboxylic acids is 1. The molecular weight excluding hydrogens is 580 g/mol. The van der Waals surface area contributed by atoms with Gasteiger partial charge >= 0.3 is 5.97 Å². The molecule has 6 atom stereocenters. The van der Waals surface area contributed by atoms with Crippen LogP contribution in [0, 0.1) is 5.92 Å². The molecule has 1 aliphatic carbocycles. The van der Waals surface area contributed by atoms with Crippen LogP contribution in [0.5, 0.6) is 23.0 Å². The van der Waals surface area contributed by atoms with Crippen molar-refractivity contribution in [2.45, 2.75) is 69.4 Å². The molecule has 13 heteroatoms. The van der Waals surface area contributed by atoms with Gasteiger partial charge < -0.3 is 54.4 Å². The van der Waals surface area contributed by atoms with Gasteiger partial charge in [0.15, 0.2) is 5.76 Å². The number of aromatic hydroxyl groups is 3. The third-order valence-electron chi connectivity index (χ3n) is 8.00. The van der Waals surface area contributed by atoms with E-state index in [1.807, 2.05) is 0 Å². The number of phenolic OH excluding ortho intramolecular Hbond substituents is 3. The molecule has 2 heterocycles. The predicted octanol–water partition coefficient (Wildman–Crippen LogP) is 1.80. The highest BCUT2D eigenvalue weighted by Crippen LogP contribution is 2.38. The fourth-order valence-electron chi connectivity index (χ4n) is 5.36. The van der Waals surface area contributed by atoms with Gasteiger partial charge in [0.1, 0.15) is 59.2 Å². The van der Waals surface area contributed by atoms with Gasteiger partial charge in [-0.1, -0.05) is 6.08 Å². The standard InChI is InChI=1S/C31H34O13/c1-31(2,40)16-7-3-15(4-8-16)29(39)41-13-21-23(35)25(37)26(38)30(43-21)44-28-24(36)22-19(34)11-18(33)12-20(22)42-27(28)14-5-9-17(32)10-6-14/h3,5-6,9-12,16,21,23,25-26,30,32-35,37-38,40H,4,7-8,13H2,1-2H3/t16-,21+,23+,25-,26+,30-/m0/s1. The van der Waals surface area contributed by atoms with Gasteiger partial charge in [-0.05, 0) is 63.3 Å². The minimum Gasteiger partial charge on any atom is -0.508 e. The largest absolute Gasteiger partial charge is 0.508 e. The molecule has 0 saturated carbocycles. The highest BCUT2D eigenvalue weighted by atomic mass is 16.7. The lowest BCUT2D eigenvalue weighted by Crippen LogP contribution is -2.60. The van der Waals surface area contributed by atoms with Crippen LogP contribution in [0.2, 0.25) is 0 Å². The van der Waals surface area contributed by atoms with Gasteiger partial charge in [-0.3, -0.25) is 4.79 Å². The van der Waals surface area contributed by atoms with Crippen molar-refractivity contribution in [3.63, 3.8) is 0 Å². The third kappa shape index (κ3) is 6.23. The normalized spacial score (nSPS) is 25.8. The lowest BCUT2D eigenvalue weighted by molar-refractivity contribution is -0.278. The summed E-state index contributed by atoms with van der Waals surface area (Å²) in [6.07, 6.45) is -5.48. The number of phenols is 3. The monoisotopic (exact) mass is 614 g/mol. The fourth-order valence-corrected chi connectivity index (χ4v) is 5.36. The second kappa shape index (κ2) is 12.1. The van der Waals surface area contributed by atoms with Gasteiger partial charge in [0.2, 0.25) is 17.5 Å². The minimum atomic E-state index is -1.88. The van der Waals surface area contributed by atoms with Gasteiger partial charge in [-0.25, -0.2) is 4.79 Å². The second-order valence-corrected chi connectivity index (χ2v) is 11.6. The van der Waals surface area contributed by atoms with E-state index in [0.717, 1.165) is 12.1 Å². The van der Waals surface area contributed by atoms with E-state index in [1.165, 1.54) is 24.3 Å². The molecule has 2 aromatic carbocycles. The van der Waals surface area contributed by atoms with Crippen molar-refractivity contribution < 1.29 is 59.2 Å². The summed E-state index contributed by atoms with van der Waals surface area (Å²) in [6.45, 7) is 2.88. The number of allylic oxidation sites excluding steroid dienone is 1. The van der Waals surface area contributed by atoms with Crippen LogP contribution in [0.3, 0.4) is 0 Å². The van der Waals surface area contributed by atoms with E-state index in [4.69, 9.17) is 18.6 Å². The summed E-state index contributed by atoms with van der Waals surface area (Å²) < 4.78 is 22.6. The Morgan fingerprint density at radius 2 is 1.70 bits per heavy atom. The van der Waals surface area contributed by atoms with E-state index < -0.39 is 65.8 Å². The lowest BCUT2D eigenvalue weighted by Gasteiger charge is -2.40. The molecule has 7 N–H and O–H groups in total. The Morgan fingerprint density at radius 3 is 2.34 bits per heavy atom. The number of fused-ring (bicyclic) bond motifs is 1. The second-order valence-electron chi connectivity index (χ2n) is 11.6. The molecule has 5 rings (SSSR count). The number of aliphatic hydroxyl groups excluding tert-OH is 3. The first-order valence-electron chi connectivity index (χ1n) is 14.0. The fraction of sp³-hybridized carbons (Fsp3) is 0.419. The van der Waals surface area contributed by atoms with E-state index >= 15 is 0 Å². The van der Waals surface area contributed by atoms with E-state index in [0.29, 0.717) is 24.8 Å². The van der Waals surface area contributed by atoms with Crippen molar-refractivity contribution in [3.8, 4) is 34.3 Å². The quantitative estimate of drug-likeness (QED) is 0.189. The Bertz CT molecular complexity index is 1620. The molecule has 0 bridgehead atoms. The molecule has 2 aliphatic rings. The Morgan fingerprint density at radius 1 is 1.00 bits per heavy atom.